The molecule has 0 unspecified atom stereocenters. The molecule has 0 spiro atoms. The van der Waals surface area contributed by atoms with Crippen LogP contribution in [0.4, 0.5) is 0 Å². The summed E-state index contributed by atoms with van der Waals surface area (Å²) in [7, 11) is 0. The fraction of sp³-hybridized carbons (Fsp3) is 0.444. The number of nitrogens with zero attached hydrogens (tertiary/aromatic N) is 3. The van der Waals surface area contributed by atoms with Gasteiger partial charge in [-0.3, -0.25) is 9.69 Å². The molecule has 1 aromatic heterocycles. The number of hydrogen-bond acceptors (Lipinski definition) is 5. The fourth-order valence-corrected chi connectivity index (χ4v) is 2.84. The molecule has 0 radical (unpaired) electrons. The molecule has 128 valence electrons. The van der Waals surface area contributed by atoms with Gasteiger partial charge in [-0.15, -0.1) is 0 Å². The highest BCUT2D eigenvalue weighted by molar-refractivity contribution is 5.91. The van der Waals surface area contributed by atoms with E-state index < -0.39 is 0 Å². The molecule has 6 heteroatoms. The number of aromatic nitrogens is 1. The molecule has 1 aliphatic rings. The first-order valence-electron chi connectivity index (χ1n) is 8.47. The molecule has 0 aliphatic carbocycles. The third-order valence-corrected chi connectivity index (χ3v) is 4.22. The molecule has 6 nitrogen and oxygen atoms in total. The van der Waals surface area contributed by atoms with E-state index in [4.69, 9.17) is 4.42 Å². The minimum Gasteiger partial charge on any atom is -0.447 e. The summed E-state index contributed by atoms with van der Waals surface area (Å²) in [5.41, 5.74) is 1.50. The fourth-order valence-electron chi connectivity index (χ4n) is 2.84. The summed E-state index contributed by atoms with van der Waals surface area (Å²) in [6.07, 6.45) is 1.48. The lowest BCUT2D eigenvalue weighted by Crippen LogP contribution is -2.42. The first-order chi connectivity index (χ1) is 11.8. The lowest BCUT2D eigenvalue weighted by atomic mass is 10.2. The molecular formula is C18H24N4O2. The third-order valence-electron chi connectivity index (χ3n) is 4.22. The lowest BCUT2D eigenvalue weighted by molar-refractivity contribution is 0.0746. The van der Waals surface area contributed by atoms with E-state index in [9.17, 15) is 4.79 Å². The van der Waals surface area contributed by atoms with Crippen molar-refractivity contribution in [2.45, 2.75) is 20.0 Å². The summed E-state index contributed by atoms with van der Waals surface area (Å²) in [5, 5.41) is 3.32. The minimum absolute atomic E-state index is 0.0864. The van der Waals surface area contributed by atoms with Gasteiger partial charge in [0.2, 0.25) is 5.89 Å². The zero-order chi connectivity index (χ0) is 16.8. The molecule has 2 heterocycles. The molecule has 3 rings (SSSR count). The standard InChI is InChI=1S/C18H24N4O2/c1-2-22(12-15-6-4-3-5-7-15)18(23)16-14-24-17(20-16)13-21-10-8-19-9-11-21/h3-7,14,19H,2,8-13H2,1H3. The molecule has 0 bridgehead atoms. The van der Waals surface area contributed by atoms with E-state index in [-0.39, 0.29) is 5.91 Å². The Hall–Kier alpha value is -2.18. The van der Waals surface area contributed by atoms with Gasteiger partial charge in [-0.05, 0) is 12.5 Å². The number of benzene rings is 1. The molecule has 2 aromatic rings. The number of nitrogens with one attached hydrogen (secondary N) is 1. The number of amides is 1. The van der Waals surface area contributed by atoms with Crippen LogP contribution in [0.5, 0.6) is 0 Å². The zero-order valence-electron chi connectivity index (χ0n) is 14.1. The Kier molecular flexibility index (Phi) is 5.61. The van der Waals surface area contributed by atoms with Gasteiger partial charge >= 0.3 is 0 Å². The van der Waals surface area contributed by atoms with Crippen LogP contribution in [0.2, 0.25) is 0 Å². The zero-order valence-corrected chi connectivity index (χ0v) is 14.1. The van der Waals surface area contributed by atoms with Crippen molar-refractivity contribution in [1.82, 2.24) is 20.1 Å². The quantitative estimate of drug-likeness (QED) is 0.875. The van der Waals surface area contributed by atoms with E-state index in [0.717, 1.165) is 31.7 Å². The first kappa shape index (κ1) is 16.7. The molecule has 0 atom stereocenters. The summed E-state index contributed by atoms with van der Waals surface area (Å²) in [6.45, 7) is 7.74. The summed E-state index contributed by atoms with van der Waals surface area (Å²) >= 11 is 0. The van der Waals surface area contributed by atoms with Crippen molar-refractivity contribution in [3.63, 3.8) is 0 Å². The van der Waals surface area contributed by atoms with E-state index in [1.54, 1.807) is 4.90 Å². The van der Waals surface area contributed by atoms with Crippen molar-refractivity contribution in [1.29, 1.82) is 0 Å². The van der Waals surface area contributed by atoms with Gasteiger partial charge in [-0.2, -0.15) is 0 Å². The highest BCUT2D eigenvalue weighted by Crippen LogP contribution is 2.12. The van der Waals surface area contributed by atoms with Crippen LogP contribution in [0, 0.1) is 0 Å². The van der Waals surface area contributed by atoms with Crippen molar-refractivity contribution >= 4 is 5.91 Å². The van der Waals surface area contributed by atoms with E-state index in [2.05, 4.69) is 15.2 Å². The number of hydrogen-bond donors (Lipinski definition) is 1. The molecule has 1 saturated heterocycles. The Morgan fingerprint density at radius 1 is 1.29 bits per heavy atom. The second-order valence-corrected chi connectivity index (χ2v) is 5.96. The van der Waals surface area contributed by atoms with E-state index in [1.165, 1.54) is 6.26 Å². The average molecular weight is 328 g/mol. The van der Waals surface area contributed by atoms with Crippen molar-refractivity contribution < 1.29 is 9.21 Å². The van der Waals surface area contributed by atoms with Gasteiger partial charge in [0.05, 0.1) is 6.54 Å². The van der Waals surface area contributed by atoms with Crippen molar-refractivity contribution in [2.24, 2.45) is 0 Å². The Morgan fingerprint density at radius 3 is 2.75 bits per heavy atom. The Labute approximate surface area is 142 Å². The summed E-state index contributed by atoms with van der Waals surface area (Å²) in [6, 6.07) is 9.98. The maximum absolute atomic E-state index is 12.7. The highest BCUT2D eigenvalue weighted by atomic mass is 16.3. The van der Waals surface area contributed by atoms with Crippen LogP contribution < -0.4 is 5.32 Å². The number of rotatable bonds is 6. The second-order valence-electron chi connectivity index (χ2n) is 5.96. The molecule has 1 aromatic carbocycles. The van der Waals surface area contributed by atoms with Crippen LogP contribution in [0.3, 0.4) is 0 Å². The maximum Gasteiger partial charge on any atom is 0.276 e. The largest absolute Gasteiger partial charge is 0.447 e. The maximum atomic E-state index is 12.7. The van der Waals surface area contributed by atoms with Gasteiger partial charge in [-0.25, -0.2) is 4.98 Å². The molecule has 1 N–H and O–H groups in total. The summed E-state index contributed by atoms with van der Waals surface area (Å²) < 4.78 is 5.51. The van der Waals surface area contributed by atoms with Crippen molar-refractivity contribution in [3.8, 4) is 0 Å². The smallest absolute Gasteiger partial charge is 0.276 e. The molecule has 1 fully saturated rings. The molecule has 1 aliphatic heterocycles. The van der Waals surface area contributed by atoms with E-state index in [1.807, 2.05) is 37.3 Å². The van der Waals surface area contributed by atoms with Crippen molar-refractivity contribution in [2.75, 3.05) is 32.7 Å². The van der Waals surface area contributed by atoms with Gasteiger partial charge in [-0.1, -0.05) is 30.3 Å². The average Bonchev–Trinajstić information content (AvgIpc) is 3.09. The summed E-state index contributed by atoms with van der Waals surface area (Å²) in [5.74, 6) is 0.521. The van der Waals surface area contributed by atoms with Crippen LogP contribution in [0.25, 0.3) is 0 Å². The molecule has 24 heavy (non-hydrogen) atoms. The van der Waals surface area contributed by atoms with Crippen LogP contribution in [-0.4, -0.2) is 53.4 Å². The summed E-state index contributed by atoms with van der Waals surface area (Å²) in [4.78, 5) is 21.1. The van der Waals surface area contributed by atoms with Gasteiger partial charge < -0.3 is 14.6 Å². The van der Waals surface area contributed by atoms with Gasteiger partial charge in [0.1, 0.15) is 6.26 Å². The third kappa shape index (κ3) is 4.21. The van der Waals surface area contributed by atoms with Crippen LogP contribution >= 0.6 is 0 Å². The van der Waals surface area contributed by atoms with Crippen LogP contribution in [-0.2, 0) is 13.1 Å². The SMILES string of the molecule is CCN(Cc1ccccc1)C(=O)c1coc(CN2CCNCC2)n1. The van der Waals surface area contributed by atoms with Gasteiger partial charge in [0.25, 0.3) is 5.91 Å². The van der Waals surface area contributed by atoms with Gasteiger partial charge in [0.15, 0.2) is 5.69 Å². The van der Waals surface area contributed by atoms with E-state index in [0.29, 0.717) is 31.2 Å². The normalized spacial score (nSPS) is 15.4. The van der Waals surface area contributed by atoms with Crippen molar-refractivity contribution in [3.05, 3.63) is 53.7 Å². The van der Waals surface area contributed by atoms with Gasteiger partial charge in [0, 0.05) is 39.3 Å². The monoisotopic (exact) mass is 328 g/mol. The van der Waals surface area contributed by atoms with Crippen LogP contribution in [0.1, 0.15) is 28.9 Å². The Morgan fingerprint density at radius 2 is 2.04 bits per heavy atom. The number of piperazine rings is 1. The second kappa shape index (κ2) is 8.08. The lowest BCUT2D eigenvalue weighted by Gasteiger charge is -2.25. The van der Waals surface area contributed by atoms with Crippen LogP contribution in [0.15, 0.2) is 41.0 Å². The van der Waals surface area contributed by atoms with E-state index >= 15 is 0 Å². The predicted octanol–water partition coefficient (Wildman–Crippen LogP) is 1.74. The Balaban J connectivity index is 1.63. The minimum atomic E-state index is -0.0864. The number of oxazole rings is 1. The predicted molar refractivity (Wildman–Crippen MR) is 91.5 cm³/mol. The highest BCUT2D eigenvalue weighted by Gasteiger charge is 2.20. The Bertz CT molecular complexity index is 650. The molecule has 0 saturated carbocycles. The molecule has 1 amide bonds. The number of carbonyl (C=O) groups is 1. The number of carbonyl (C=O) groups excluding carboxylic acids is 1. The topological polar surface area (TPSA) is 61.6 Å². The molecular weight excluding hydrogens is 304 g/mol. The first-order valence-corrected chi connectivity index (χ1v) is 8.47.